The Morgan fingerprint density at radius 2 is 2.19 bits per heavy atom. The van der Waals surface area contributed by atoms with Crippen LogP contribution in [-0.2, 0) is 4.74 Å². The Kier molecular flexibility index (Phi) is 4.19. The van der Waals surface area contributed by atoms with Gasteiger partial charge < -0.3 is 15.0 Å². The Balaban J connectivity index is 2.52. The first-order valence-electron chi connectivity index (χ1n) is 6.00. The van der Waals surface area contributed by atoms with Gasteiger partial charge in [0.25, 0.3) is 0 Å². The molecule has 1 amide bonds. The number of carbonyl (C=O) groups excluding carboxylic acids is 1. The third-order valence-corrected chi connectivity index (χ3v) is 2.75. The van der Waals surface area contributed by atoms with Gasteiger partial charge in [-0.15, -0.1) is 0 Å². The van der Waals surface area contributed by atoms with Gasteiger partial charge >= 0.3 is 6.09 Å². The number of ether oxygens (including phenoxy) is 1. The number of nitrogens with zero attached hydrogens (tertiary/aromatic N) is 1. The maximum absolute atomic E-state index is 11.9. The van der Waals surface area contributed by atoms with Gasteiger partial charge in [-0.3, -0.25) is 0 Å². The predicted molar refractivity (Wildman–Crippen MR) is 64.4 cm³/mol. The zero-order valence-electron chi connectivity index (χ0n) is 11.0. The third-order valence-electron chi connectivity index (χ3n) is 2.75. The minimum atomic E-state index is -0.184. The molecule has 4 heteroatoms. The molecule has 1 fully saturated rings. The highest BCUT2D eigenvalue weighted by molar-refractivity contribution is 5.68. The molecule has 1 aliphatic rings. The van der Waals surface area contributed by atoms with Gasteiger partial charge in [0.15, 0.2) is 0 Å². The van der Waals surface area contributed by atoms with E-state index >= 15 is 0 Å². The van der Waals surface area contributed by atoms with Crippen molar-refractivity contribution in [1.29, 1.82) is 0 Å². The molecule has 1 N–H and O–H groups in total. The highest BCUT2D eigenvalue weighted by Gasteiger charge is 2.33. The highest BCUT2D eigenvalue weighted by atomic mass is 16.6. The summed E-state index contributed by atoms with van der Waals surface area (Å²) < 4.78 is 5.27. The summed E-state index contributed by atoms with van der Waals surface area (Å²) >= 11 is 0. The molecule has 1 unspecified atom stereocenters. The van der Waals surface area contributed by atoms with E-state index in [4.69, 9.17) is 4.74 Å². The maximum Gasteiger partial charge on any atom is 0.410 e. The molecule has 1 atom stereocenters. The van der Waals surface area contributed by atoms with E-state index in [-0.39, 0.29) is 17.7 Å². The molecule has 0 aromatic carbocycles. The first-order valence-corrected chi connectivity index (χ1v) is 6.00. The van der Waals surface area contributed by atoms with Gasteiger partial charge in [-0.25, -0.2) is 4.79 Å². The second kappa shape index (κ2) is 5.04. The van der Waals surface area contributed by atoms with Crippen LogP contribution in [0.4, 0.5) is 4.79 Å². The Morgan fingerprint density at radius 3 is 2.75 bits per heavy atom. The molecule has 0 aliphatic carbocycles. The smallest absolute Gasteiger partial charge is 0.410 e. The molecule has 16 heavy (non-hydrogen) atoms. The van der Waals surface area contributed by atoms with Crippen LogP contribution in [0.5, 0.6) is 0 Å². The Morgan fingerprint density at radius 1 is 1.56 bits per heavy atom. The van der Waals surface area contributed by atoms with Crippen LogP contribution < -0.4 is 5.32 Å². The van der Waals surface area contributed by atoms with Gasteiger partial charge in [-0.1, -0.05) is 13.8 Å². The van der Waals surface area contributed by atoms with Crippen LogP contribution in [0, 0.1) is 5.92 Å². The molecule has 94 valence electrons. The maximum atomic E-state index is 11.9. The fraction of sp³-hybridized carbons (Fsp3) is 0.917. The second-order valence-electron chi connectivity index (χ2n) is 5.71. The van der Waals surface area contributed by atoms with E-state index < -0.39 is 0 Å². The monoisotopic (exact) mass is 228 g/mol. The summed E-state index contributed by atoms with van der Waals surface area (Å²) in [4.78, 5) is 13.7. The average molecular weight is 228 g/mol. The molecule has 4 nitrogen and oxygen atoms in total. The highest BCUT2D eigenvalue weighted by Crippen LogP contribution is 2.16. The van der Waals surface area contributed by atoms with E-state index in [1.807, 2.05) is 25.7 Å². The molecule has 0 saturated carbocycles. The van der Waals surface area contributed by atoms with Crippen LogP contribution in [0.25, 0.3) is 0 Å². The number of carbonyl (C=O) groups is 1. The van der Waals surface area contributed by atoms with E-state index in [2.05, 4.69) is 19.2 Å². The molecule has 0 bridgehead atoms. The van der Waals surface area contributed by atoms with Gasteiger partial charge in [-0.2, -0.15) is 0 Å². The minimum absolute atomic E-state index is 0.0244. The summed E-state index contributed by atoms with van der Waals surface area (Å²) in [5.41, 5.74) is -0.0244. The van der Waals surface area contributed by atoms with E-state index in [0.717, 1.165) is 6.54 Å². The Labute approximate surface area is 98.3 Å². The van der Waals surface area contributed by atoms with Crippen molar-refractivity contribution in [2.24, 2.45) is 5.92 Å². The number of amides is 1. The molecule has 1 saturated heterocycles. The lowest BCUT2D eigenvalue weighted by molar-refractivity contribution is 0.0526. The SMILES string of the molecule is CC(C)COC(=O)N1CC(C)(C)NCC1C. The summed E-state index contributed by atoms with van der Waals surface area (Å²) in [6, 6.07) is 0.202. The summed E-state index contributed by atoms with van der Waals surface area (Å²) in [5.74, 6) is 0.384. The van der Waals surface area contributed by atoms with Gasteiger partial charge in [0, 0.05) is 24.7 Å². The molecule has 0 aromatic heterocycles. The second-order valence-corrected chi connectivity index (χ2v) is 5.71. The lowest BCUT2D eigenvalue weighted by Gasteiger charge is -2.42. The van der Waals surface area contributed by atoms with Gasteiger partial charge in [0.1, 0.15) is 0 Å². The lowest BCUT2D eigenvalue weighted by atomic mass is 10.00. The Hall–Kier alpha value is -0.770. The van der Waals surface area contributed by atoms with Crippen LogP contribution in [0.3, 0.4) is 0 Å². The lowest BCUT2D eigenvalue weighted by Crippen LogP contribution is -2.62. The van der Waals surface area contributed by atoms with Crippen molar-refractivity contribution in [3.05, 3.63) is 0 Å². The largest absolute Gasteiger partial charge is 0.449 e. The molecule has 1 rings (SSSR count). The number of nitrogens with one attached hydrogen (secondary N) is 1. The van der Waals surface area contributed by atoms with Crippen LogP contribution in [0.15, 0.2) is 0 Å². The first kappa shape index (κ1) is 13.3. The van der Waals surface area contributed by atoms with Gasteiger partial charge in [-0.05, 0) is 26.7 Å². The van der Waals surface area contributed by atoms with Crippen molar-refractivity contribution < 1.29 is 9.53 Å². The fourth-order valence-electron chi connectivity index (χ4n) is 1.74. The van der Waals surface area contributed by atoms with Crippen molar-refractivity contribution in [2.75, 3.05) is 19.7 Å². The topological polar surface area (TPSA) is 41.6 Å². The Bertz CT molecular complexity index is 251. The van der Waals surface area contributed by atoms with E-state index in [0.29, 0.717) is 19.1 Å². The minimum Gasteiger partial charge on any atom is -0.449 e. The summed E-state index contributed by atoms with van der Waals surface area (Å²) in [6.45, 7) is 12.3. The van der Waals surface area contributed by atoms with Crippen LogP contribution in [-0.4, -0.2) is 42.3 Å². The summed E-state index contributed by atoms with van der Waals surface area (Å²) in [7, 11) is 0. The number of piperazine rings is 1. The van der Waals surface area contributed by atoms with Crippen molar-refractivity contribution in [2.45, 2.75) is 46.2 Å². The van der Waals surface area contributed by atoms with Crippen molar-refractivity contribution in [3.63, 3.8) is 0 Å². The molecule has 0 aromatic rings. The number of hydrogen-bond acceptors (Lipinski definition) is 3. The standard InChI is InChI=1S/C12H24N2O2/c1-9(2)7-16-11(15)14-8-12(4,5)13-6-10(14)3/h9-10,13H,6-8H2,1-5H3. The molecule has 0 radical (unpaired) electrons. The first-order chi connectivity index (χ1) is 7.32. The number of hydrogen-bond donors (Lipinski definition) is 1. The summed E-state index contributed by atoms with van der Waals surface area (Å²) in [5, 5.41) is 3.41. The fourth-order valence-corrected chi connectivity index (χ4v) is 1.74. The summed E-state index contributed by atoms with van der Waals surface area (Å²) in [6.07, 6.45) is -0.184. The van der Waals surface area contributed by atoms with Crippen LogP contribution in [0.2, 0.25) is 0 Å². The van der Waals surface area contributed by atoms with Crippen molar-refractivity contribution in [3.8, 4) is 0 Å². The van der Waals surface area contributed by atoms with E-state index in [1.54, 1.807) is 0 Å². The van der Waals surface area contributed by atoms with Crippen LogP contribution >= 0.6 is 0 Å². The normalized spacial score (nSPS) is 24.6. The predicted octanol–water partition coefficient (Wildman–Crippen LogP) is 1.85. The van der Waals surface area contributed by atoms with Gasteiger partial charge in [0.2, 0.25) is 0 Å². The van der Waals surface area contributed by atoms with Crippen molar-refractivity contribution in [1.82, 2.24) is 10.2 Å². The molecule has 1 heterocycles. The van der Waals surface area contributed by atoms with Crippen LogP contribution in [0.1, 0.15) is 34.6 Å². The zero-order chi connectivity index (χ0) is 12.3. The molecule has 1 aliphatic heterocycles. The zero-order valence-corrected chi connectivity index (χ0v) is 11.0. The van der Waals surface area contributed by atoms with E-state index in [1.165, 1.54) is 0 Å². The third kappa shape index (κ3) is 3.67. The molecular weight excluding hydrogens is 204 g/mol. The van der Waals surface area contributed by atoms with Crippen molar-refractivity contribution >= 4 is 6.09 Å². The molecular formula is C12H24N2O2. The van der Waals surface area contributed by atoms with Gasteiger partial charge in [0.05, 0.1) is 6.61 Å². The molecule has 0 spiro atoms. The van der Waals surface area contributed by atoms with E-state index in [9.17, 15) is 4.79 Å². The quantitative estimate of drug-likeness (QED) is 0.784. The average Bonchev–Trinajstić information content (AvgIpc) is 2.18. The number of rotatable bonds is 2.